The topological polar surface area (TPSA) is 50.2 Å². The first-order chi connectivity index (χ1) is 22.4. The van der Waals surface area contributed by atoms with E-state index in [4.69, 9.17) is 4.98 Å². The van der Waals surface area contributed by atoms with Crippen molar-refractivity contribution in [3.05, 3.63) is 112 Å². The van der Waals surface area contributed by atoms with Gasteiger partial charge < -0.3 is 10.1 Å². The van der Waals surface area contributed by atoms with E-state index in [1.807, 2.05) is 27.7 Å². The molecular formula is C44H54IrNO2-. The van der Waals surface area contributed by atoms with Crippen LogP contribution in [0.25, 0.3) is 22.0 Å². The summed E-state index contributed by atoms with van der Waals surface area (Å²) in [6.07, 6.45) is 11.6. The van der Waals surface area contributed by atoms with Crippen molar-refractivity contribution in [3.63, 3.8) is 0 Å². The third-order valence-corrected chi connectivity index (χ3v) is 10.8. The summed E-state index contributed by atoms with van der Waals surface area (Å²) in [6.45, 7) is 17.1. The second-order valence-electron chi connectivity index (χ2n) is 15.1. The van der Waals surface area contributed by atoms with Gasteiger partial charge >= 0.3 is 0 Å². The number of carbonyl (C=O) groups excluding carboxylic acids is 1. The van der Waals surface area contributed by atoms with Crippen LogP contribution in [-0.4, -0.2) is 15.9 Å². The number of fused-ring (bicyclic) bond motifs is 1. The molecule has 257 valence electrons. The van der Waals surface area contributed by atoms with Gasteiger partial charge in [-0.3, -0.25) is 4.79 Å². The first kappa shape index (κ1) is 37.7. The van der Waals surface area contributed by atoms with E-state index in [0.717, 1.165) is 44.2 Å². The minimum absolute atomic E-state index is 0. The van der Waals surface area contributed by atoms with Gasteiger partial charge in [0.25, 0.3) is 0 Å². The summed E-state index contributed by atoms with van der Waals surface area (Å²) in [5, 5.41) is 12.5. The summed E-state index contributed by atoms with van der Waals surface area (Å²) in [5.74, 6) is 0.547. The Hall–Kier alpha value is -3.07. The molecule has 3 nitrogen and oxygen atoms in total. The average molecular weight is 821 g/mol. The van der Waals surface area contributed by atoms with E-state index in [1.54, 1.807) is 0 Å². The standard InChI is InChI=1S/C31H30N.C13H24O2.Ir/c1-20-19-32-28(14-27(20)30(2,3)4)25-13-12-21-10-7-11-24-17-31(18-26(25)29(21)24)15-22-8-5-6-9-23(22)16-31;1-5-10(6-2)12(14)9-13(15)11(7-3)8-4;/h5-12,14,19H,15-18H2,1-4H3;9-11,14H,5-8H2,1-4H3;/q-1;;/b;12-9-;. The number of nitrogens with zero attached hydrogens (tertiary/aromatic N) is 1. The van der Waals surface area contributed by atoms with E-state index < -0.39 is 0 Å². The van der Waals surface area contributed by atoms with Crippen molar-refractivity contribution >= 4 is 16.6 Å². The van der Waals surface area contributed by atoms with E-state index in [0.29, 0.717) is 0 Å². The number of rotatable bonds is 8. The predicted octanol–water partition coefficient (Wildman–Crippen LogP) is 11.1. The normalized spacial score (nSPS) is 14.9. The molecule has 4 aromatic rings. The number of pyridine rings is 1. The average Bonchev–Trinajstić information content (AvgIpc) is 3.39. The molecule has 0 fully saturated rings. The fourth-order valence-corrected chi connectivity index (χ4v) is 8.14. The fraction of sp³-hybridized carbons (Fsp3) is 0.455. The smallest absolute Gasteiger partial charge is 0.162 e. The van der Waals surface area contributed by atoms with Gasteiger partial charge in [-0.25, -0.2) is 0 Å². The van der Waals surface area contributed by atoms with Gasteiger partial charge in [0.1, 0.15) is 0 Å². The molecule has 6 rings (SSSR count). The molecule has 4 heteroatoms. The maximum atomic E-state index is 11.7. The summed E-state index contributed by atoms with van der Waals surface area (Å²) >= 11 is 0. The molecular weight excluding hydrogens is 767 g/mol. The van der Waals surface area contributed by atoms with Crippen molar-refractivity contribution in [2.45, 2.75) is 112 Å². The third-order valence-electron chi connectivity index (χ3n) is 10.8. The Morgan fingerprint density at radius 1 is 0.896 bits per heavy atom. The molecule has 0 atom stereocenters. The number of allylic oxidation sites excluding steroid dienone is 2. The van der Waals surface area contributed by atoms with Crippen LogP contribution in [0.3, 0.4) is 0 Å². The predicted molar refractivity (Wildman–Crippen MR) is 197 cm³/mol. The van der Waals surface area contributed by atoms with Crippen LogP contribution in [0.4, 0.5) is 0 Å². The van der Waals surface area contributed by atoms with Crippen LogP contribution in [-0.2, 0) is 56.0 Å². The maximum Gasteiger partial charge on any atom is 0.162 e. The third kappa shape index (κ3) is 7.87. The van der Waals surface area contributed by atoms with Gasteiger partial charge in [-0.2, -0.15) is 0 Å². The summed E-state index contributed by atoms with van der Waals surface area (Å²) < 4.78 is 0. The molecule has 0 unspecified atom stereocenters. The fourth-order valence-electron chi connectivity index (χ4n) is 8.14. The van der Waals surface area contributed by atoms with E-state index >= 15 is 0 Å². The van der Waals surface area contributed by atoms with Crippen LogP contribution in [0.5, 0.6) is 0 Å². The van der Waals surface area contributed by atoms with Gasteiger partial charge in [-0.15, -0.1) is 23.3 Å². The van der Waals surface area contributed by atoms with E-state index in [2.05, 4.69) is 94.6 Å². The van der Waals surface area contributed by atoms with Crippen molar-refractivity contribution in [2.24, 2.45) is 17.3 Å². The number of hydrogen-bond acceptors (Lipinski definition) is 3. The molecule has 3 aromatic carbocycles. The van der Waals surface area contributed by atoms with Gasteiger partial charge in [-0.05, 0) is 90.6 Å². The van der Waals surface area contributed by atoms with Crippen molar-refractivity contribution in [3.8, 4) is 11.3 Å². The van der Waals surface area contributed by atoms with Crippen LogP contribution >= 0.6 is 0 Å². The Balaban J connectivity index is 0.000000279. The quantitative estimate of drug-likeness (QED) is 0.109. The van der Waals surface area contributed by atoms with Gasteiger partial charge in [0.2, 0.25) is 0 Å². The minimum Gasteiger partial charge on any atom is -0.512 e. The molecule has 0 bridgehead atoms. The zero-order valence-corrected chi connectivity index (χ0v) is 32.7. The van der Waals surface area contributed by atoms with Crippen molar-refractivity contribution in [1.29, 1.82) is 0 Å². The van der Waals surface area contributed by atoms with Crippen LogP contribution in [0.1, 0.15) is 108 Å². The molecule has 1 heterocycles. The number of benzene rings is 3. The monoisotopic (exact) mass is 821 g/mol. The molecule has 0 amide bonds. The SMILES string of the molecule is CCC(CC)C(=O)/C=C(\O)C(CC)CC.Cc1cnc(-c2[c-]cc3cccc4c3c2CC2(Cc3ccccc3C2)C4)cc1C(C)(C)C.[Ir]. The Morgan fingerprint density at radius 3 is 2.06 bits per heavy atom. The van der Waals surface area contributed by atoms with Crippen LogP contribution in [0.2, 0.25) is 0 Å². The minimum atomic E-state index is 0. The summed E-state index contributed by atoms with van der Waals surface area (Å²) in [5.41, 5.74) is 11.3. The molecule has 2 aliphatic rings. The molecule has 1 N–H and O–H groups in total. The summed E-state index contributed by atoms with van der Waals surface area (Å²) in [6, 6.07) is 24.0. The number of hydrogen-bond donors (Lipinski definition) is 1. The van der Waals surface area contributed by atoms with E-state index in [-0.39, 0.29) is 54.3 Å². The molecule has 2 aliphatic carbocycles. The molecule has 1 spiro atoms. The number of aliphatic hydroxyl groups excluding tert-OH is 1. The van der Waals surface area contributed by atoms with Crippen LogP contribution < -0.4 is 0 Å². The number of aryl methyl sites for hydroxylation is 1. The van der Waals surface area contributed by atoms with Crippen LogP contribution in [0.15, 0.2) is 72.6 Å². The van der Waals surface area contributed by atoms with Gasteiger partial charge in [0, 0.05) is 44.2 Å². The number of ketones is 1. The zero-order valence-electron chi connectivity index (χ0n) is 30.3. The van der Waals surface area contributed by atoms with E-state index in [9.17, 15) is 9.90 Å². The molecule has 0 saturated heterocycles. The summed E-state index contributed by atoms with van der Waals surface area (Å²) in [4.78, 5) is 16.6. The first-order valence-electron chi connectivity index (χ1n) is 17.9. The van der Waals surface area contributed by atoms with Crippen molar-refractivity contribution < 1.29 is 30.0 Å². The molecule has 0 aliphatic heterocycles. The molecule has 0 saturated carbocycles. The zero-order chi connectivity index (χ0) is 33.9. The van der Waals surface area contributed by atoms with Crippen molar-refractivity contribution in [2.75, 3.05) is 0 Å². The second-order valence-corrected chi connectivity index (χ2v) is 15.1. The maximum absolute atomic E-state index is 11.7. The van der Waals surface area contributed by atoms with E-state index in [1.165, 1.54) is 68.6 Å². The molecule has 1 radical (unpaired) electrons. The molecule has 1 aromatic heterocycles. The van der Waals surface area contributed by atoms with Gasteiger partial charge in [0.15, 0.2) is 5.78 Å². The van der Waals surface area contributed by atoms with Crippen molar-refractivity contribution in [1.82, 2.24) is 4.98 Å². The van der Waals surface area contributed by atoms with Crippen LogP contribution in [0, 0.1) is 30.2 Å². The first-order valence-corrected chi connectivity index (χ1v) is 17.9. The van der Waals surface area contributed by atoms with Gasteiger partial charge in [-0.1, -0.05) is 120 Å². The Kier molecular flexibility index (Phi) is 12.3. The largest absolute Gasteiger partial charge is 0.512 e. The molecule has 48 heavy (non-hydrogen) atoms. The Bertz CT molecular complexity index is 1750. The number of aliphatic hydroxyl groups is 1. The van der Waals surface area contributed by atoms with Gasteiger partial charge in [0.05, 0.1) is 5.76 Å². The number of aromatic nitrogens is 1. The second kappa shape index (κ2) is 15.6. The Labute approximate surface area is 303 Å². The summed E-state index contributed by atoms with van der Waals surface area (Å²) in [7, 11) is 0. The number of carbonyl (C=O) groups is 1. The Morgan fingerprint density at radius 2 is 1.48 bits per heavy atom.